The van der Waals surface area contributed by atoms with E-state index in [0.29, 0.717) is 35.6 Å². The fourth-order valence-electron chi connectivity index (χ4n) is 4.05. The first kappa shape index (κ1) is 24.8. The number of rotatable bonds is 5. The van der Waals surface area contributed by atoms with Crippen LogP contribution in [0.5, 0.6) is 5.75 Å². The number of piperazine rings is 1. The molecular formula is C27H25F3N4O2. The van der Waals surface area contributed by atoms with E-state index in [1.807, 2.05) is 0 Å². The highest BCUT2D eigenvalue weighted by Crippen LogP contribution is 2.37. The summed E-state index contributed by atoms with van der Waals surface area (Å²) in [5.41, 5.74) is 8.46. The minimum Gasteiger partial charge on any atom is -0.482 e. The van der Waals surface area contributed by atoms with Gasteiger partial charge in [0.15, 0.2) is 11.6 Å². The quantitative estimate of drug-likeness (QED) is 0.485. The number of aromatic nitrogens is 1. The number of nitrogens with two attached hydrogens (primary N) is 1. The van der Waals surface area contributed by atoms with Crippen LogP contribution in [0.1, 0.15) is 34.5 Å². The highest BCUT2D eigenvalue weighted by Gasteiger charge is 2.34. The Balaban J connectivity index is 1.54. The lowest BCUT2D eigenvalue weighted by atomic mass is 10.0. The highest BCUT2D eigenvalue weighted by atomic mass is 19.4. The molecule has 1 amide bonds. The molecule has 4 rings (SSSR count). The monoisotopic (exact) mass is 494 g/mol. The molecule has 0 aliphatic carbocycles. The molecule has 1 atom stereocenters. The molecule has 2 heterocycles. The minimum absolute atomic E-state index is 0.00376. The number of carbonyl (C=O) groups excluding carboxylic acids is 1. The highest BCUT2D eigenvalue weighted by molar-refractivity contribution is 5.95. The molecular weight excluding hydrogens is 469 g/mol. The number of amides is 1. The molecule has 36 heavy (non-hydrogen) atoms. The van der Waals surface area contributed by atoms with Gasteiger partial charge in [-0.3, -0.25) is 4.79 Å². The molecule has 1 unspecified atom stereocenters. The lowest BCUT2D eigenvalue weighted by molar-refractivity contribution is -0.138. The van der Waals surface area contributed by atoms with Gasteiger partial charge in [-0.1, -0.05) is 43.5 Å². The second-order valence-corrected chi connectivity index (χ2v) is 8.52. The molecule has 0 saturated carbocycles. The lowest BCUT2D eigenvalue weighted by Crippen LogP contribution is -2.43. The third-order valence-corrected chi connectivity index (χ3v) is 5.76. The van der Waals surface area contributed by atoms with Gasteiger partial charge in [0.25, 0.3) is 5.91 Å². The number of nitrogens with zero attached hydrogens (tertiary/aromatic N) is 2. The fourth-order valence-corrected chi connectivity index (χ4v) is 4.05. The maximum atomic E-state index is 13.4. The molecule has 0 bridgehead atoms. The van der Waals surface area contributed by atoms with Gasteiger partial charge in [-0.25, -0.2) is 4.98 Å². The molecule has 186 valence electrons. The minimum atomic E-state index is -4.51. The van der Waals surface area contributed by atoms with Crippen LogP contribution in [0.3, 0.4) is 0 Å². The Kier molecular flexibility index (Phi) is 6.74. The number of pyridine rings is 1. The topological polar surface area (TPSA) is 80.5 Å². The molecule has 6 nitrogen and oxygen atoms in total. The van der Waals surface area contributed by atoms with Gasteiger partial charge in [-0.2, -0.15) is 13.2 Å². The molecule has 1 aliphatic heterocycles. The standard InChI is InChI=1S/C27H25F3N4O2/c1-16-14-34(15-17(2)33-16)26(35)20-10-8-19(9-11-20)21-12-24(25(31)32-13-21)36-18(3)22-6-4-5-7-23(22)27(28,29)30/h4-13,18,33H,1-2,14-15H2,3H3,(H2,31,32). The molecule has 1 fully saturated rings. The Bertz CT molecular complexity index is 1300. The van der Waals surface area contributed by atoms with Crippen molar-refractivity contribution in [2.45, 2.75) is 19.2 Å². The molecule has 3 N–H and O–H groups in total. The van der Waals surface area contributed by atoms with Gasteiger partial charge in [0.1, 0.15) is 6.10 Å². The van der Waals surface area contributed by atoms with E-state index in [-0.39, 0.29) is 23.0 Å². The molecule has 2 aromatic carbocycles. The number of anilines is 1. The normalized spacial score (nSPS) is 14.8. The number of benzene rings is 2. The van der Waals surface area contributed by atoms with Crippen LogP contribution in [0.2, 0.25) is 0 Å². The smallest absolute Gasteiger partial charge is 0.416 e. The van der Waals surface area contributed by atoms with Crippen LogP contribution in [0.4, 0.5) is 19.0 Å². The van der Waals surface area contributed by atoms with E-state index in [2.05, 4.69) is 23.5 Å². The van der Waals surface area contributed by atoms with E-state index in [9.17, 15) is 18.0 Å². The molecule has 9 heteroatoms. The molecule has 3 aromatic rings. The van der Waals surface area contributed by atoms with Crippen molar-refractivity contribution in [1.82, 2.24) is 15.2 Å². The van der Waals surface area contributed by atoms with Crippen LogP contribution in [0.15, 0.2) is 85.3 Å². The SMILES string of the molecule is C=C1CN(C(=O)c2ccc(-c3cnc(N)c(OC(C)c4ccccc4C(F)(F)F)c3)cc2)CC(=C)N1. The Morgan fingerprint density at radius 3 is 2.36 bits per heavy atom. The number of nitrogen functional groups attached to an aromatic ring is 1. The van der Waals surface area contributed by atoms with E-state index in [1.165, 1.54) is 31.3 Å². The number of hydrogen-bond donors (Lipinski definition) is 2. The molecule has 1 aromatic heterocycles. The average Bonchev–Trinajstić information content (AvgIpc) is 2.84. The zero-order valence-electron chi connectivity index (χ0n) is 19.6. The zero-order chi connectivity index (χ0) is 26.0. The summed E-state index contributed by atoms with van der Waals surface area (Å²) in [4.78, 5) is 18.7. The van der Waals surface area contributed by atoms with E-state index in [0.717, 1.165) is 11.6 Å². The Morgan fingerprint density at radius 2 is 1.72 bits per heavy atom. The van der Waals surface area contributed by atoms with Gasteiger partial charge < -0.3 is 20.7 Å². The van der Waals surface area contributed by atoms with Crippen molar-refractivity contribution in [3.63, 3.8) is 0 Å². The second-order valence-electron chi connectivity index (χ2n) is 8.52. The third kappa shape index (κ3) is 5.35. The lowest BCUT2D eigenvalue weighted by Gasteiger charge is -2.30. The van der Waals surface area contributed by atoms with Crippen molar-refractivity contribution in [2.24, 2.45) is 0 Å². The Morgan fingerprint density at radius 1 is 1.08 bits per heavy atom. The number of nitrogens with one attached hydrogen (secondary N) is 1. The first-order valence-electron chi connectivity index (χ1n) is 11.1. The van der Waals surface area contributed by atoms with Crippen LogP contribution in [0.25, 0.3) is 11.1 Å². The van der Waals surface area contributed by atoms with Crippen molar-refractivity contribution < 1.29 is 22.7 Å². The number of ether oxygens (including phenoxy) is 1. The summed E-state index contributed by atoms with van der Waals surface area (Å²) in [5.74, 6) is 0.0676. The van der Waals surface area contributed by atoms with Crippen LogP contribution < -0.4 is 15.8 Å². The van der Waals surface area contributed by atoms with Gasteiger partial charge in [0.05, 0.1) is 18.7 Å². The van der Waals surface area contributed by atoms with E-state index in [4.69, 9.17) is 10.5 Å². The van der Waals surface area contributed by atoms with Crippen molar-refractivity contribution in [3.05, 3.63) is 102 Å². The maximum absolute atomic E-state index is 13.4. The summed E-state index contributed by atoms with van der Waals surface area (Å²) in [6, 6.07) is 13.8. The van der Waals surface area contributed by atoms with Gasteiger partial charge in [-0.05, 0) is 36.8 Å². The number of alkyl halides is 3. The third-order valence-electron chi connectivity index (χ3n) is 5.76. The zero-order valence-corrected chi connectivity index (χ0v) is 19.6. The van der Waals surface area contributed by atoms with Gasteiger partial charge in [-0.15, -0.1) is 0 Å². The summed E-state index contributed by atoms with van der Waals surface area (Å²) in [6.45, 7) is 10.0. The van der Waals surface area contributed by atoms with Gasteiger partial charge >= 0.3 is 6.18 Å². The second kappa shape index (κ2) is 9.77. The van der Waals surface area contributed by atoms with Crippen LogP contribution >= 0.6 is 0 Å². The average molecular weight is 495 g/mol. The first-order chi connectivity index (χ1) is 17.0. The van der Waals surface area contributed by atoms with Crippen molar-refractivity contribution in [3.8, 4) is 16.9 Å². The van der Waals surface area contributed by atoms with Crippen molar-refractivity contribution >= 4 is 11.7 Å². The predicted molar refractivity (Wildman–Crippen MR) is 132 cm³/mol. The summed E-state index contributed by atoms with van der Waals surface area (Å²) in [5, 5.41) is 3.02. The number of hydrogen-bond acceptors (Lipinski definition) is 5. The van der Waals surface area contributed by atoms with Crippen LogP contribution in [-0.2, 0) is 6.18 Å². The van der Waals surface area contributed by atoms with Crippen molar-refractivity contribution in [1.29, 1.82) is 0 Å². The Hall–Kier alpha value is -4.27. The maximum Gasteiger partial charge on any atom is 0.416 e. The van der Waals surface area contributed by atoms with E-state index >= 15 is 0 Å². The largest absolute Gasteiger partial charge is 0.482 e. The summed E-state index contributed by atoms with van der Waals surface area (Å²) in [7, 11) is 0. The number of halogens is 3. The molecule has 1 aliphatic rings. The summed E-state index contributed by atoms with van der Waals surface area (Å²) >= 11 is 0. The molecule has 0 radical (unpaired) electrons. The molecule has 0 spiro atoms. The molecule has 1 saturated heterocycles. The van der Waals surface area contributed by atoms with Gasteiger partial charge in [0.2, 0.25) is 0 Å². The van der Waals surface area contributed by atoms with E-state index < -0.39 is 17.8 Å². The summed E-state index contributed by atoms with van der Waals surface area (Å²) in [6.07, 6.45) is -3.90. The van der Waals surface area contributed by atoms with E-state index in [1.54, 1.807) is 35.2 Å². The summed E-state index contributed by atoms with van der Waals surface area (Å²) < 4.78 is 46.1. The Labute approximate surface area is 206 Å². The van der Waals surface area contributed by atoms with Crippen molar-refractivity contribution in [2.75, 3.05) is 18.8 Å². The first-order valence-corrected chi connectivity index (χ1v) is 11.1. The van der Waals surface area contributed by atoms with Crippen LogP contribution in [-0.4, -0.2) is 28.9 Å². The predicted octanol–water partition coefficient (Wildman–Crippen LogP) is 5.56. The van der Waals surface area contributed by atoms with Gasteiger partial charge in [0, 0.05) is 34.3 Å². The number of carbonyl (C=O) groups is 1. The van der Waals surface area contributed by atoms with Crippen LogP contribution in [0, 0.1) is 0 Å². The fraction of sp³-hybridized carbons (Fsp3) is 0.185.